The van der Waals surface area contributed by atoms with Gasteiger partial charge in [0.15, 0.2) is 0 Å². The summed E-state index contributed by atoms with van der Waals surface area (Å²) in [5.74, 6) is -0.154. The molecule has 0 unspecified atom stereocenters. The highest BCUT2D eigenvalue weighted by Gasteiger charge is 2.26. The van der Waals surface area contributed by atoms with E-state index in [1.54, 1.807) is 0 Å². The van der Waals surface area contributed by atoms with E-state index in [1.807, 2.05) is 26.0 Å². The number of carbonyl (C=O) groups is 1. The van der Waals surface area contributed by atoms with Crippen molar-refractivity contribution in [3.05, 3.63) is 86.3 Å². The largest absolute Gasteiger partial charge is 0.381 e. The number of hydrogen-bond donors (Lipinski definition) is 2. The van der Waals surface area contributed by atoms with Gasteiger partial charge in [0, 0.05) is 61.4 Å². The third-order valence-corrected chi connectivity index (χ3v) is 8.80. The van der Waals surface area contributed by atoms with Crippen molar-refractivity contribution in [1.29, 1.82) is 0 Å². The molecule has 1 aromatic heterocycles. The van der Waals surface area contributed by atoms with Crippen molar-refractivity contribution >= 4 is 11.6 Å². The standard InChI is InChI=1S/C37H52N4O3/c1-7-17-40(18-8-2)25-28-11-13-29(14-12-28)30-22-33(36(42)38-24-34-26(5)21-27(6)39-37(34)43)32(9-3)35(23-30)41(10-4)31-15-19-44-20-16-31/h11-14,21-23,31H,7-10,15-20,24-25H2,1-6H3,(H,38,42)(H,39,43). The first kappa shape index (κ1) is 33.5. The molecule has 1 fully saturated rings. The zero-order valence-corrected chi connectivity index (χ0v) is 27.7. The molecule has 2 N–H and O–H groups in total. The second-order valence-electron chi connectivity index (χ2n) is 12.1. The number of anilines is 1. The van der Waals surface area contributed by atoms with Gasteiger partial charge in [-0.25, -0.2) is 0 Å². The third-order valence-electron chi connectivity index (χ3n) is 8.80. The molecule has 1 saturated heterocycles. The predicted molar refractivity (Wildman–Crippen MR) is 182 cm³/mol. The van der Waals surface area contributed by atoms with Gasteiger partial charge < -0.3 is 19.9 Å². The number of aryl methyl sites for hydroxylation is 2. The fourth-order valence-electron chi connectivity index (χ4n) is 6.60. The summed E-state index contributed by atoms with van der Waals surface area (Å²) in [5, 5.41) is 3.09. The molecule has 1 aliphatic heterocycles. The smallest absolute Gasteiger partial charge is 0.253 e. The molecule has 0 spiro atoms. The van der Waals surface area contributed by atoms with Crippen LogP contribution in [0.4, 0.5) is 5.69 Å². The maximum Gasteiger partial charge on any atom is 0.253 e. The molecule has 2 aromatic carbocycles. The molecular weight excluding hydrogens is 548 g/mol. The summed E-state index contributed by atoms with van der Waals surface area (Å²) >= 11 is 0. The summed E-state index contributed by atoms with van der Waals surface area (Å²) < 4.78 is 5.69. The fraction of sp³-hybridized carbons (Fsp3) is 0.514. The summed E-state index contributed by atoms with van der Waals surface area (Å²) in [6.07, 6.45) is 4.96. The fourth-order valence-corrected chi connectivity index (χ4v) is 6.60. The Hall–Kier alpha value is -3.42. The van der Waals surface area contributed by atoms with E-state index in [0.29, 0.717) is 17.2 Å². The average Bonchev–Trinajstić information content (AvgIpc) is 3.01. The number of H-pyrrole nitrogens is 1. The Morgan fingerprint density at radius 2 is 1.61 bits per heavy atom. The van der Waals surface area contributed by atoms with Crippen molar-refractivity contribution < 1.29 is 9.53 Å². The predicted octanol–water partition coefficient (Wildman–Crippen LogP) is 6.78. The normalized spacial score (nSPS) is 13.8. The number of benzene rings is 2. The van der Waals surface area contributed by atoms with Gasteiger partial charge in [0.1, 0.15) is 0 Å². The van der Waals surface area contributed by atoms with Crippen LogP contribution in [-0.4, -0.2) is 54.7 Å². The van der Waals surface area contributed by atoms with Crippen molar-refractivity contribution in [3.8, 4) is 11.1 Å². The summed E-state index contributed by atoms with van der Waals surface area (Å²) in [5.41, 5.74) is 8.40. The van der Waals surface area contributed by atoms with E-state index < -0.39 is 0 Å². The molecular formula is C37H52N4O3. The number of nitrogens with one attached hydrogen (secondary N) is 2. The number of carbonyl (C=O) groups excluding carboxylic acids is 1. The highest BCUT2D eigenvalue weighted by atomic mass is 16.5. The Bertz CT molecular complexity index is 1430. The third kappa shape index (κ3) is 8.19. The van der Waals surface area contributed by atoms with Crippen LogP contribution < -0.4 is 15.8 Å². The van der Waals surface area contributed by atoms with E-state index in [4.69, 9.17) is 4.74 Å². The van der Waals surface area contributed by atoms with Crippen molar-refractivity contribution in [2.75, 3.05) is 37.7 Å². The second-order valence-corrected chi connectivity index (χ2v) is 12.1. The lowest BCUT2D eigenvalue weighted by molar-refractivity contribution is 0.0845. The Labute approximate surface area is 264 Å². The Morgan fingerprint density at radius 3 is 2.20 bits per heavy atom. The van der Waals surface area contributed by atoms with Crippen LogP contribution in [0.2, 0.25) is 0 Å². The van der Waals surface area contributed by atoms with Crippen LogP contribution in [0.3, 0.4) is 0 Å². The first-order chi connectivity index (χ1) is 21.3. The van der Waals surface area contributed by atoms with Crippen molar-refractivity contribution in [3.63, 3.8) is 0 Å². The number of aromatic nitrogens is 1. The number of nitrogens with zero attached hydrogens (tertiary/aromatic N) is 2. The summed E-state index contributed by atoms with van der Waals surface area (Å²) in [6.45, 7) is 18.3. The van der Waals surface area contributed by atoms with Crippen LogP contribution in [0.15, 0.2) is 47.3 Å². The molecule has 0 bridgehead atoms. The number of pyridine rings is 1. The zero-order chi connectivity index (χ0) is 31.6. The number of amides is 1. The van der Waals surface area contributed by atoms with E-state index in [1.165, 1.54) is 5.56 Å². The molecule has 3 aromatic rings. The van der Waals surface area contributed by atoms with Gasteiger partial charge in [-0.2, -0.15) is 0 Å². The van der Waals surface area contributed by atoms with Crippen molar-refractivity contribution in [2.24, 2.45) is 0 Å². The Balaban J connectivity index is 1.72. The van der Waals surface area contributed by atoms with Gasteiger partial charge in [-0.05, 0) is 112 Å². The SMILES string of the molecule is CCCN(CCC)Cc1ccc(-c2cc(C(=O)NCc3c(C)cc(C)[nH]c3=O)c(CC)c(N(CC)C3CCOCC3)c2)cc1. The van der Waals surface area contributed by atoms with Gasteiger partial charge in [-0.3, -0.25) is 14.5 Å². The highest BCUT2D eigenvalue weighted by Crippen LogP contribution is 2.35. The minimum Gasteiger partial charge on any atom is -0.381 e. The molecule has 0 atom stereocenters. The minimum absolute atomic E-state index is 0.152. The van der Waals surface area contributed by atoms with E-state index in [-0.39, 0.29) is 18.0 Å². The lowest BCUT2D eigenvalue weighted by Gasteiger charge is -2.37. The first-order valence-electron chi connectivity index (χ1n) is 16.6. The van der Waals surface area contributed by atoms with Crippen LogP contribution in [-0.2, 0) is 24.2 Å². The molecule has 238 valence electrons. The Morgan fingerprint density at radius 1 is 0.932 bits per heavy atom. The summed E-state index contributed by atoms with van der Waals surface area (Å²) in [6, 6.07) is 15.5. The molecule has 1 aliphatic rings. The summed E-state index contributed by atoms with van der Waals surface area (Å²) in [7, 11) is 0. The van der Waals surface area contributed by atoms with Crippen LogP contribution in [0, 0.1) is 13.8 Å². The Kier molecular flexibility index (Phi) is 12.2. The maximum atomic E-state index is 13.9. The number of aromatic amines is 1. The van der Waals surface area contributed by atoms with Gasteiger partial charge in [0.2, 0.25) is 0 Å². The average molecular weight is 601 g/mol. The highest BCUT2D eigenvalue weighted by molar-refractivity contribution is 5.99. The molecule has 44 heavy (non-hydrogen) atoms. The van der Waals surface area contributed by atoms with Gasteiger partial charge in [-0.15, -0.1) is 0 Å². The molecule has 0 radical (unpaired) electrons. The lowest BCUT2D eigenvalue weighted by atomic mass is 9.93. The van der Waals surface area contributed by atoms with Crippen molar-refractivity contribution in [2.45, 2.75) is 92.8 Å². The molecule has 0 aliphatic carbocycles. The van der Waals surface area contributed by atoms with Gasteiger partial charge >= 0.3 is 0 Å². The monoisotopic (exact) mass is 600 g/mol. The molecule has 4 rings (SSSR count). The van der Waals surface area contributed by atoms with Crippen LogP contribution >= 0.6 is 0 Å². The maximum absolute atomic E-state index is 13.9. The van der Waals surface area contributed by atoms with Crippen molar-refractivity contribution in [1.82, 2.24) is 15.2 Å². The zero-order valence-electron chi connectivity index (χ0n) is 27.7. The van der Waals surface area contributed by atoms with Gasteiger partial charge in [-0.1, -0.05) is 45.0 Å². The van der Waals surface area contributed by atoms with Crippen LogP contribution in [0.1, 0.15) is 91.7 Å². The van der Waals surface area contributed by atoms with E-state index >= 15 is 0 Å². The first-order valence-corrected chi connectivity index (χ1v) is 16.6. The van der Waals surface area contributed by atoms with E-state index in [0.717, 1.165) is 105 Å². The van der Waals surface area contributed by atoms with E-state index in [9.17, 15) is 9.59 Å². The molecule has 0 saturated carbocycles. The summed E-state index contributed by atoms with van der Waals surface area (Å²) in [4.78, 5) is 34.5. The second kappa shape index (κ2) is 16.1. The quantitative estimate of drug-likeness (QED) is 0.213. The lowest BCUT2D eigenvalue weighted by Crippen LogP contribution is -2.40. The molecule has 1 amide bonds. The molecule has 2 heterocycles. The molecule has 7 heteroatoms. The van der Waals surface area contributed by atoms with Crippen LogP contribution in [0.25, 0.3) is 11.1 Å². The topological polar surface area (TPSA) is 77.7 Å². The van der Waals surface area contributed by atoms with Gasteiger partial charge in [0.25, 0.3) is 11.5 Å². The van der Waals surface area contributed by atoms with E-state index in [2.05, 4.69) is 78.1 Å². The number of hydrogen-bond acceptors (Lipinski definition) is 5. The number of rotatable bonds is 14. The van der Waals surface area contributed by atoms with Crippen LogP contribution in [0.5, 0.6) is 0 Å². The minimum atomic E-state index is -0.154. The van der Waals surface area contributed by atoms with Gasteiger partial charge in [0.05, 0.1) is 0 Å². The number of ether oxygens (including phenoxy) is 1. The molecule has 7 nitrogen and oxygen atoms in total.